The van der Waals surface area contributed by atoms with Gasteiger partial charge in [-0.15, -0.1) is 0 Å². The molecule has 0 aliphatic heterocycles. The molecule has 0 aliphatic rings. The number of hydrogen-bond donors (Lipinski definition) is 0. The summed E-state index contributed by atoms with van der Waals surface area (Å²) in [5.41, 5.74) is 0.903. The van der Waals surface area contributed by atoms with Gasteiger partial charge in [-0.25, -0.2) is 4.98 Å². The molecule has 0 N–H and O–H groups in total. The molecule has 74 valence electrons. The molecule has 0 unspecified atom stereocenters. The minimum absolute atomic E-state index is 0.181. The Labute approximate surface area is 81.1 Å². The Morgan fingerprint density at radius 1 is 1.36 bits per heavy atom. The maximum Gasteiger partial charge on any atom is 0.313 e. The molecule has 0 radical (unpaired) electrons. The number of Topliss-reactive ketones (excluding diaryl/α,β-unsaturated/α-hetero) is 1. The normalized spacial score (nSPS) is 9.57. The van der Waals surface area contributed by atoms with Gasteiger partial charge in [0.1, 0.15) is 12.1 Å². The fourth-order valence-corrected chi connectivity index (χ4v) is 0.830. The van der Waals surface area contributed by atoms with Gasteiger partial charge in [0.2, 0.25) is 0 Å². The minimum Gasteiger partial charge on any atom is -0.469 e. The molecule has 14 heavy (non-hydrogen) atoms. The van der Waals surface area contributed by atoms with Gasteiger partial charge in [0.05, 0.1) is 19.0 Å². The van der Waals surface area contributed by atoms with Gasteiger partial charge in [-0.05, 0) is 6.92 Å². The molecule has 0 bridgehead atoms. The standard InChI is InChI=1S/C9H10N2O3/c1-6-4-11-7(5-10-6)8(12)3-9(13)14-2/h4-5H,3H2,1-2H3. The monoisotopic (exact) mass is 194 g/mol. The van der Waals surface area contributed by atoms with Crippen molar-refractivity contribution >= 4 is 11.8 Å². The number of esters is 1. The highest BCUT2D eigenvalue weighted by Crippen LogP contribution is 1.99. The lowest BCUT2D eigenvalue weighted by molar-refractivity contribution is -0.139. The summed E-state index contributed by atoms with van der Waals surface area (Å²) in [5.74, 6) is -0.957. The van der Waals surface area contributed by atoms with Crippen LogP contribution in [0.1, 0.15) is 22.6 Å². The smallest absolute Gasteiger partial charge is 0.313 e. The fraction of sp³-hybridized carbons (Fsp3) is 0.333. The van der Waals surface area contributed by atoms with Crippen LogP contribution in [-0.2, 0) is 9.53 Å². The van der Waals surface area contributed by atoms with E-state index in [4.69, 9.17) is 0 Å². The van der Waals surface area contributed by atoms with Crippen LogP contribution in [0.3, 0.4) is 0 Å². The van der Waals surface area contributed by atoms with Crippen LogP contribution in [0.2, 0.25) is 0 Å². The third-order valence-corrected chi connectivity index (χ3v) is 1.60. The number of methoxy groups -OCH3 is 1. The number of carbonyl (C=O) groups is 2. The van der Waals surface area contributed by atoms with Crippen molar-refractivity contribution < 1.29 is 14.3 Å². The van der Waals surface area contributed by atoms with E-state index in [1.807, 2.05) is 0 Å². The van der Waals surface area contributed by atoms with Gasteiger partial charge in [0, 0.05) is 6.20 Å². The molecule has 0 saturated carbocycles. The number of rotatable bonds is 3. The average molecular weight is 194 g/mol. The Morgan fingerprint density at radius 3 is 2.57 bits per heavy atom. The summed E-state index contributed by atoms with van der Waals surface area (Å²) in [6.45, 7) is 1.77. The summed E-state index contributed by atoms with van der Waals surface area (Å²) in [4.78, 5) is 29.8. The van der Waals surface area contributed by atoms with E-state index >= 15 is 0 Å². The Morgan fingerprint density at radius 2 is 2.07 bits per heavy atom. The summed E-state index contributed by atoms with van der Waals surface area (Å²) >= 11 is 0. The third-order valence-electron chi connectivity index (χ3n) is 1.60. The number of carbonyl (C=O) groups excluding carboxylic acids is 2. The van der Waals surface area contributed by atoms with Crippen LogP contribution in [0, 0.1) is 6.92 Å². The van der Waals surface area contributed by atoms with E-state index in [1.54, 1.807) is 6.92 Å². The molecule has 1 heterocycles. The fourth-order valence-electron chi connectivity index (χ4n) is 0.830. The number of ether oxygens (including phenoxy) is 1. The minimum atomic E-state index is -0.572. The molecule has 1 aromatic heterocycles. The van der Waals surface area contributed by atoms with Crippen LogP contribution in [0.5, 0.6) is 0 Å². The van der Waals surface area contributed by atoms with Crippen molar-refractivity contribution in [3.8, 4) is 0 Å². The molecular weight excluding hydrogens is 184 g/mol. The number of nitrogens with zero attached hydrogens (tertiary/aromatic N) is 2. The topological polar surface area (TPSA) is 69.2 Å². The van der Waals surface area contributed by atoms with E-state index in [2.05, 4.69) is 14.7 Å². The van der Waals surface area contributed by atoms with Gasteiger partial charge in [-0.1, -0.05) is 0 Å². The predicted molar refractivity (Wildman–Crippen MR) is 47.7 cm³/mol. The molecule has 1 aromatic rings. The number of aryl methyl sites for hydroxylation is 1. The highest BCUT2D eigenvalue weighted by molar-refractivity contribution is 6.04. The summed E-state index contributed by atoms with van der Waals surface area (Å²) in [6, 6.07) is 0. The Balaban J connectivity index is 2.70. The lowest BCUT2D eigenvalue weighted by Crippen LogP contribution is -2.11. The summed E-state index contributed by atoms with van der Waals surface area (Å²) < 4.78 is 4.36. The van der Waals surface area contributed by atoms with Crippen LogP contribution in [0.15, 0.2) is 12.4 Å². The Bertz CT molecular complexity index is 346. The SMILES string of the molecule is COC(=O)CC(=O)c1cnc(C)cn1. The van der Waals surface area contributed by atoms with E-state index in [1.165, 1.54) is 19.5 Å². The van der Waals surface area contributed by atoms with E-state index in [-0.39, 0.29) is 17.9 Å². The van der Waals surface area contributed by atoms with Crippen molar-refractivity contribution in [3.63, 3.8) is 0 Å². The molecule has 0 atom stereocenters. The van der Waals surface area contributed by atoms with Crippen LogP contribution >= 0.6 is 0 Å². The van der Waals surface area contributed by atoms with E-state index in [0.29, 0.717) is 0 Å². The van der Waals surface area contributed by atoms with Crippen LogP contribution in [-0.4, -0.2) is 28.8 Å². The zero-order chi connectivity index (χ0) is 10.6. The first kappa shape index (κ1) is 10.3. The van der Waals surface area contributed by atoms with Crippen LogP contribution in [0.4, 0.5) is 0 Å². The van der Waals surface area contributed by atoms with Gasteiger partial charge in [0.25, 0.3) is 0 Å². The molecule has 5 heteroatoms. The highest BCUT2D eigenvalue weighted by Gasteiger charge is 2.13. The van der Waals surface area contributed by atoms with Crippen molar-refractivity contribution in [2.24, 2.45) is 0 Å². The largest absolute Gasteiger partial charge is 0.469 e. The molecular formula is C9H10N2O3. The zero-order valence-corrected chi connectivity index (χ0v) is 7.98. The molecule has 0 aliphatic carbocycles. The van der Waals surface area contributed by atoms with Gasteiger partial charge in [-0.2, -0.15) is 0 Å². The maximum absolute atomic E-state index is 11.3. The second-order valence-electron chi connectivity index (χ2n) is 2.72. The average Bonchev–Trinajstić information content (AvgIpc) is 2.18. The molecule has 0 saturated heterocycles. The number of ketones is 1. The van der Waals surface area contributed by atoms with Gasteiger partial charge in [-0.3, -0.25) is 14.6 Å². The molecule has 0 spiro atoms. The first-order valence-corrected chi connectivity index (χ1v) is 4.02. The molecule has 0 amide bonds. The van der Waals surface area contributed by atoms with Crippen LogP contribution in [0.25, 0.3) is 0 Å². The lowest BCUT2D eigenvalue weighted by Gasteiger charge is -1.98. The number of aromatic nitrogens is 2. The van der Waals surface area contributed by atoms with Gasteiger partial charge < -0.3 is 4.74 Å². The maximum atomic E-state index is 11.3. The Hall–Kier alpha value is -1.78. The zero-order valence-electron chi connectivity index (χ0n) is 7.98. The van der Waals surface area contributed by atoms with Crippen molar-refractivity contribution in [3.05, 3.63) is 23.8 Å². The summed E-state index contributed by atoms with van der Waals surface area (Å²) in [5, 5.41) is 0. The van der Waals surface area contributed by atoms with Crippen molar-refractivity contribution in [2.75, 3.05) is 7.11 Å². The van der Waals surface area contributed by atoms with E-state index < -0.39 is 5.97 Å². The van der Waals surface area contributed by atoms with Crippen LogP contribution < -0.4 is 0 Å². The molecule has 1 rings (SSSR count). The quantitative estimate of drug-likeness (QED) is 0.399. The van der Waals surface area contributed by atoms with Crippen molar-refractivity contribution in [1.82, 2.24) is 9.97 Å². The summed E-state index contributed by atoms with van der Waals surface area (Å²) in [6.07, 6.45) is 2.53. The second kappa shape index (κ2) is 4.45. The predicted octanol–water partition coefficient (Wildman–Crippen LogP) is 0.531. The third kappa shape index (κ3) is 2.62. The second-order valence-corrected chi connectivity index (χ2v) is 2.72. The molecule has 0 fully saturated rings. The van der Waals surface area contributed by atoms with Gasteiger partial charge >= 0.3 is 5.97 Å². The summed E-state index contributed by atoms with van der Waals surface area (Å²) in [7, 11) is 1.23. The Kier molecular flexibility index (Phi) is 3.28. The number of hydrogen-bond acceptors (Lipinski definition) is 5. The van der Waals surface area contributed by atoms with Gasteiger partial charge in [0.15, 0.2) is 5.78 Å². The first-order valence-electron chi connectivity index (χ1n) is 4.02. The molecule has 5 nitrogen and oxygen atoms in total. The van der Waals surface area contributed by atoms with E-state index in [0.717, 1.165) is 5.69 Å². The first-order chi connectivity index (χ1) is 6.63. The van der Waals surface area contributed by atoms with E-state index in [9.17, 15) is 9.59 Å². The van der Waals surface area contributed by atoms with Crippen molar-refractivity contribution in [2.45, 2.75) is 13.3 Å². The van der Waals surface area contributed by atoms with Crippen molar-refractivity contribution in [1.29, 1.82) is 0 Å². The molecule has 0 aromatic carbocycles. The lowest BCUT2D eigenvalue weighted by atomic mass is 10.2. The highest BCUT2D eigenvalue weighted by atomic mass is 16.5.